The first kappa shape index (κ1) is 17.0. The normalized spacial score (nSPS) is 15.2. The van der Waals surface area contributed by atoms with Crippen molar-refractivity contribution in [3.8, 4) is 5.75 Å². The second kappa shape index (κ2) is 7.79. The van der Waals surface area contributed by atoms with E-state index in [2.05, 4.69) is 12.1 Å². The van der Waals surface area contributed by atoms with Crippen molar-refractivity contribution in [2.45, 2.75) is 26.7 Å². The molecule has 1 heterocycles. The standard InChI is InChI=1S/C21H21NO3/c1-3-4-13-24-18-11-7-16(8-12-18)14-19-20(22-25-21(19)23)17-9-5-15(2)6-10-17/h5-12,14H,3-4,13H2,1-2H3/b19-14-. The van der Waals surface area contributed by atoms with E-state index in [4.69, 9.17) is 9.57 Å². The Labute approximate surface area is 147 Å². The Morgan fingerprint density at radius 3 is 2.48 bits per heavy atom. The van der Waals surface area contributed by atoms with Crippen molar-refractivity contribution in [3.05, 3.63) is 70.8 Å². The summed E-state index contributed by atoms with van der Waals surface area (Å²) in [5.41, 5.74) is 3.94. The molecule has 0 saturated heterocycles. The van der Waals surface area contributed by atoms with Gasteiger partial charge in [0.1, 0.15) is 11.5 Å². The highest BCUT2D eigenvalue weighted by atomic mass is 16.7. The van der Waals surface area contributed by atoms with Crippen LogP contribution in [0.4, 0.5) is 0 Å². The van der Waals surface area contributed by atoms with E-state index in [-0.39, 0.29) is 0 Å². The van der Waals surface area contributed by atoms with Crippen LogP contribution in [-0.2, 0) is 9.63 Å². The first-order valence-electron chi connectivity index (χ1n) is 8.48. The number of carbonyl (C=O) groups excluding carboxylic acids is 1. The number of ether oxygens (including phenoxy) is 1. The van der Waals surface area contributed by atoms with Gasteiger partial charge < -0.3 is 9.57 Å². The van der Waals surface area contributed by atoms with Crippen molar-refractivity contribution in [2.75, 3.05) is 6.61 Å². The number of oxime groups is 1. The van der Waals surface area contributed by atoms with Crippen molar-refractivity contribution in [2.24, 2.45) is 5.16 Å². The van der Waals surface area contributed by atoms with Crippen LogP contribution in [0, 0.1) is 6.92 Å². The van der Waals surface area contributed by atoms with E-state index in [0.29, 0.717) is 17.9 Å². The average Bonchev–Trinajstić information content (AvgIpc) is 2.98. The largest absolute Gasteiger partial charge is 0.494 e. The predicted octanol–water partition coefficient (Wildman–Crippen LogP) is 4.52. The maximum Gasteiger partial charge on any atom is 0.368 e. The predicted molar refractivity (Wildman–Crippen MR) is 98.6 cm³/mol. The van der Waals surface area contributed by atoms with Crippen LogP contribution < -0.4 is 4.74 Å². The zero-order valence-corrected chi connectivity index (χ0v) is 14.5. The first-order chi connectivity index (χ1) is 12.2. The lowest BCUT2D eigenvalue weighted by Crippen LogP contribution is -2.06. The minimum atomic E-state index is -0.432. The Morgan fingerprint density at radius 2 is 1.80 bits per heavy atom. The third-order valence-corrected chi connectivity index (χ3v) is 3.98. The van der Waals surface area contributed by atoms with Crippen LogP contribution in [-0.4, -0.2) is 18.3 Å². The summed E-state index contributed by atoms with van der Waals surface area (Å²) in [5, 5.41) is 3.94. The van der Waals surface area contributed by atoms with Gasteiger partial charge in [-0.3, -0.25) is 0 Å². The number of aryl methyl sites for hydroxylation is 1. The summed E-state index contributed by atoms with van der Waals surface area (Å²) < 4.78 is 5.66. The fourth-order valence-corrected chi connectivity index (χ4v) is 2.49. The summed E-state index contributed by atoms with van der Waals surface area (Å²) in [7, 11) is 0. The second-order valence-electron chi connectivity index (χ2n) is 6.01. The highest BCUT2D eigenvalue weighted by Gasteiger charge is 2.26. The lowest BCUT2D eigenvalue weighted by molar-refractivity contribution is -0.136. The Bertz CT molecular complexity index is 802. The van der Waals surface area contributed by atoms with Gasteiger partial charge in [0.25, 0.3) is 0 Å². The molecule has 128 valence electrons. The molecule has 1 aliphatic heterocycles. The third-order valence-electron chi connectivity index (χ3n) is 3.98. The zero-order valence-electron chi connectivity index (χ0n) is 14.5. The van der Waals surface area contributed by atoms with E-state index in [1.807, 2.05) is 55.5 Å². The van der Waals surface area contributed by atoms with Crippen LogP contribution in [0.1, 0.15) is 36.5 Å². The fourth-order valence-electron chi connectivity index (χ4n) is 2.49. The van der Waals surface area contributed by atoms with Gasteiger partial charge in [-0.05, 0) is 37.1 Å². The van der Waals surface area contributed by atoms with Crippen LogP contribution in [0.3, 0.4) is 0 Å². The number of carbonyl (C=O) groups is 1. The van der Waals surface area contributed by atoms with Crippen molar-refractivity contribution in [1.29, 1.82) is 0 Å². The number of rotatable bonds is 6. The van der Waals surface area contributed by atoms with Crippen molar-refractivity contribution >= 4 is 17.8 Å². The quantitative estimate of drug-likeness (QED) is 0.443. The maximum atomic E-state index is 12.0. The van der Waals surface area contributed by atoms with Gasteiger partial charge in [0.05, 0.1) is 12.2 Å². The molecule has 0 spiro atoms. The molecule has 0 atom stereocenters. The van der Waals surface area contributed by atoms with E-state index in [1.165, 1.54) is 0 Å². The molecule has 0 aromatic heterocycles. The van der Waals surface area contributed by atoms with Gasteiger partial charge in [0.15, 0.2) is 0 Å². The molecular formula is C21H21NO3. The van der Waals surface area contributed by atoms with E-state index in [1.54, 1.807) is 6.08 Å². The van der Waals surface area contributed by atoms with Crippen LogP contribution in [0.2, 0.25) is 0 Å². The number of benzene rings is 2. The van der Waals surface area contributed by atoms with Crippen molar-refractivity contribution in [1.82, 2.24) is 0 Å². The number of hydrogen-bond donors (Lipinski definition) is 0. The molecule has 3 rings (SSSR count). The molecule has 0 N–H and O–H groups in total. The van der Waals surface area contributed by atoms with Gasteiger partial charge in [-0.15, -0.1) is 0 Å². The van der Waals surface area contributed by atoms with Crippen molar-refractivity contribution in [3.63, 3.8) is 0 Å². The number of unbranched alkanes of at least 4 members (excludes halogenated alkanes) is 1. The summed E-state index contributed by atoms with van der Waals surface area (Å²) in [6, 6.07) is 15.5. The topological polar surface area (TPSA) is 47.9 Å². The molecule has 0 fully saturated rings. The molecule has 25 heavy (non-hydrogen) atoms. The summed E-state index contributed by atoms with van der Waals surface area (Å²) in [6.07, 6.45) is 3.94. The number of hydrogen-bond acceptors (Lipinski definition) is 4. The lowest BCUT2D eigenvalue weighted by atomic mass is 10.00. The van der Waals surface area contributed by atoms with Gasteiger partial charge in [-0.2, -0.15) is 0 Å². The van der Waals surface area contributed by atoms with Crippen LogP contribution in [0.5, 0.6) is 5.75 Å². The molecule has 4 nitrogen and oxygen atoms in total. The van der Waals surface area contributed by atoms with Gasteiger partial charge in [0.2, 0.25) is 0 Å². The first-order valence-corrected chi connectivity index (χ1v) is 8.48. The molecule has 0 radical (unpaired) electrons. The molecule has 0 unspecified atom stereocenters. The van der Waals surface area contributed by atoms with E-state index < -0.39 is 5.97 Å². The highest BCUT2D eigenvalue weighted by molar-refractivity contribution is 6.31. The van der Waals surface area contributed by atoms with Crippen LogP contribution >= 0.6 is 0 Å². The monoisotopic (exact) mass is 335 g/mol. The Balaban J connectivity index is 1.79. The number of nitrogens with zero attached hydrogens (tertiary/aromatic N) is 1. The summed E-state index contributed by atoms with van der Waals surface area (Å²) >= 11 is 0. The average molecular weight is 335 g/mol. The van der Waals surface area contributed by atoms with Crippen molar-refractivity contribution < 1.29 is 14.4 Å². The second-order valence-corrected chi connectivity index (χ2v) is 6.01. The SMILES string of the molecule is CCCCOc1ccc(/C=C2\C(=O)ON=C2c2ccc(C)cc2)cc1. The molecule has 2 aromatic rings. The Morgan fingerprint density at radius 1 is 1.08 bits per heavy atom. The molecule has 0 aliphatic carbocycles. The van der Waals surface area contributed by atoms with Crippen LogP contribution in [0.25, 0.3) is 6.08 Å². The van der Waals surface area contributed by atoms with Gasteiger partial charge in [-0.25, -0.2) is 4.79 Å². The van der Waals surface area contributed by atoms with E-state index >= 15 is 0 Å². The molecule has 0 bridgehead atoms. The molecular weight excluding hydrogens is 314 g/mol. The molecule has 0 amide bonds. The maximum absolute atomic E-state index is 12.0. The van der Waals surface area contributed by atoms with E-state index in [9.17, 15) is 4.79 Å². The minimum absolute atomic E-state index is 0.432. The summed E-state index contributed by atoms with van der Waals surface area (Å²) in [4.78, 5) is 16.9. The Hall–Kier alpha value is -2.88. The smallest absolute Gasteiger partial charge is 0.368 e. The van der Waals surface area contributed by atoms with E-state index in [0.717, 1.165) is 35.3 Å². The lowest BCUT2D eigenvalue weighted by Gasteiger charge is -2.05. The zero-order chi connectivity index (χ0) is 17.6. The van der Waals surface area contributed by atoms with Gasteiger partial charge in [-0.1, -0.05) is 60.5 Å². The summed E-state index contributed by atoms with van der Waals surface area (Å²) in [6.45, 7) is 4.86. The van der Waals surface area contributed by atoms with Gasteiger partial charge in [0, 0.05) is 5.56 Å². The summed E-state index contributed by atoms with van der Waals surface area (Å²) in [5.74, 6) is 0.399. The third kappa shape index (κ3) is 4.15. The van der Waals surface area contributed by atoms with Gasteiger partial charge >= 0.3 is 5.97 Å². The molecule has 1 aliphatic rings. The molecule has 4 heteroatoms. The minimum Gasteiger partial charge on any atom is -0.494 e. The molecule has 0 saturated carbocycles. The fraction of sp³-hybridized carbons (Fsp3) is 0.238. The highest BCUT2D eigenvalue weighted by Crippen LogP contribution is 2.22. The Kier molecular flexibility index (Phi) is 5.29. The van der Waals surface area contributed by atoms with Crippen LogP contribution in [0.15, 0.2) is 59.3 Å². The molecule has 2 aromatic carbocycles.